The third kappa shape index (κ3) is 3.09. The summed E-state index contributed by atoms with van der Waals surface area (Å²) < 4.78 is 0. The Balaban J connectivity index is 1.29. The Bertz CT molecular complexity index is 671. The monoisotopic (exact) mass is 347 g/mol. The summed E-state index contributed by atoms with van der Waals surface area (Å²) in [4.78, 5) is 8.15. The highest BCUT2D eigenvalue weighted by Gasteiger charge is 2.40. The van der Waals surface area contributed by atoms with Gasteiger partial charge in [-0.15, -0.1) is 0 Å². The summed E-state index contributed by atoms with van der Waals surface area (Å²) in [5, 5.41) is 0. The fraction of sp³-hybridized carbons (Fsp3) is 0.478. The maximum atomic E-state index is 2.77. The van der Waals surface area contributed by atoms with Crippen molar-refractivity contribution in [2.45, 2.75) is 31.0 Å². The number of piperazine rings is 1. The second-order valence-electron chi connectivity index (χ2n) is 8.16. The van der Waals surface area contributed by atoms with Gasteiger partial charge in [0.2, 0.25) is 0 Å². The molecule has 26 heavy (non-hydrogen) atoms. The molecule has 0 aromatic heterocycles. The number of rotatable bonds is 4. The van der Waals surface area contributed by atoms with Gasteiger partial charge < -0.3 is 0 Å². The average molecular weight is 348 g/mol. The summed E-state index contributed by atoms with van der Waals surface area (Å²) in [5.74, 6) is 0. The predicted molar refractivity (Wildman–Crippen MR) is 106 cm³/mol. The molecule has 0 aliphatic carbocycles. The first-order chi connectivity index (χ1) is 12.9. The third-order valence-corrected chi connectivity index (χ3v) is 6.62. The van der Waals surface area contributed by atoms with Crippen LogP contribution in [-0.4, -0.2) is 66.1 Å². The van der Waals surface area contributed by atoms with Crippen LogP contribution in [0.5, 0.6) is 0 Å². The highest BCUT2D eigenvalue weighted by atomic mass is 15.4. The fourth-order valence-corrected chi connectivity index (χ4v) is 5.16. The molecule has 3 saturated heterocycles. The highest BCUT2D eigenvalue weighted by Crippen LogP contribution is 2.34. The first kappa shape index (κ1) is 16.5. The number of fused-ring (bicyclic) bond motifs is 1. The number of likely N-dealkylation sites (tertiary alicyclic amines) is 1. The van der Waals surface area contributed by atoms with Crippen LogP contribution in [0.3, 0.4) is 0 Å². The topological polar surface area (TPSA) is 9.72 Å². The van der Waals surface area contributed by atoms with E-state index in [4.69, 9.17) is 0 Å². The molecule has 2 aromatic carbocycles. The Morgan fingerprint density at radius 2 is 1.27 bits per heavy atom. The van der Waals surface area contributed by atoms with Crippen LogP contribution in [0.2, 0.25) is 0 Å². The first-order valence-electron chi connectivity index (χ1n) is 10.2. The van der Waals surface area contributed by atoms with Crippen LogP contribution in [0.1, 0.15) is 30.0 Å². The second-order valence-corrected chi connectivity index (χ2v) is 8.16. The molecule has 3 aliphatic rings. The Kier molecular flexibility index (Phi) is 4.53. The van der Waals surface area contributed by atoms with Gasteiger partial charge in [0.05, 0.1) is 6.04 Å². The molecule has 3 nitrogen and oxygen atoms in total. The second kappa shape index (κ2) is 7.15. The van der Waals surface area contributed by atoms with Crippen molar-refractivity contribution in [3.05, 3.63) is 71.8 Å². The van der Waals surface area contributed by atoms with Crippen LogP contribution in [0.4, 0.5) is 0 Å². The third-order valence-electron chi connectivity index (χ3n) is 6.62. The van der Waals surface area contributed by atoms with Crippen molar-refractivity contribution >= 4 is 0 Å². The molecule has 0 bridgehead atoms. The number of benzene rings is 2. The zero-order valence-electron chi connectivity index (χ0n) is 15.5. The fourth-order valence-electron chi connectivity index (χ4n) is 5.16. The molecular weight excluding hydrogens is 318 g/mol. The lowest BCUT2D eigenvalue weighted by Crippen LogP contribution is -2.64. The van der Waals surface area contributed by atoms with Crippen LogP contribution in [-0.2, 0) is 0 Å². The molecule has 1 atom stereocenters. The van der Waals surface area contributed by atoms with Gasteiger partial charge in [0.15, 0.2) is 0 Å². The minimum atomic E-state index is 0.390. The van der Waals surface area contributed by atoms with Gasteiger partial charge in [0.1, 0.15) is 0 Å². The van der Waals surface area contributed by atoms with Crippen LogP contribution < -0.4 is 0 Å². The normalized spacial score (nSPS) is 25.3. The van der Waals surface area contributed by atoms with Gasteiger partial charge in [-0.05, 0) is 30.5 Å². The largest absolute Gasteiger partial charge is 0.298 e. The highest BCUT2D eigenvalue weighted by molar-refractivity contribution is 5.32. The van der Waals surface area contributed by atoms with E-state index < -0.39 is 0 Å². The van der Waals surface area contributed by atoms with Crippen molar-refractivity contribution in [2.75, 3.05) is 39.3 Å². The summed E-state index contributed by atoms with van der Waals surface area (Å²) in [6.07, 6.45) is 2.81. The number of hydrogen-bond acceptors (Lipinski definition) is 3. The van der Waals surface area contributed by atoms with Crippen molar-refractivity contribution in [3.63, 3.8) is 0 Å². The maximum absolute atomic E-state index is 2.77. The molecule has 0 N–H and O–H groups in total. The van der Waals surface area contributed by atoms with Crippen molar-refractivity contribution < 1.29 is 0 Å². The van der Waals surface area contributed by atoms with Gasteiger partial charge in [-0.25, -0.2) is 0 Å². The summed E-state index contributed by atoms with van der Waals surface area (Å²) in [6.45, 7) is 7.56. The summed E-state index contributed by atoms with van der Waals surface area (Å²) >= 11 is 0. The van der Waals surface area contributed by atoms with Gasteiger partial charge in [0.25, 0.3) is 0 Å². The molecule has 1 unspecified atom stereocenters. The van der Waals surface area contributed by atoms with Crippen LogP contribution in [0.25, 0.3) is 0 Å². The Labute approximate surface area is 157 Å². The van der Waals surface area contributed by atoms with Crippen LogP contribution in [0, 0.1) is 0 Å². The number of nitrogens with zero attached hydrogens (tertiary/aromatic N) is 3. The first-order valence-corrected chi connectivity index (χ1v) is 10.2. The Hall–Kier alpha value is -1.68. The summed E-state index contributed by atoms with van der Waals surface area (Å²) in [5.41, 5.74) is 2.83. The molecule has 0 spiro atoms. The van der Waals surface area contributed by atoms with Crippen molar-refractivity contribution in [1.82, 2.24) is 14.7 Å². The standard InChI is InChI=1S/C23H29N3/c1-3-8-19(9-4-1)23(20-10-5-2-6-11-20)26-17-22(18-26)25-15-14-24-13-7-12-21(24)16-25/h1-6,8-11,21-23H,7,12-18H2. The lowest BCUT2D eigenvalue weighted by Gasteiger charge is -2.52. The molecular formula is C23H29N3. The van der Waals surface area contributed by atoms with E-state index in [0.717, 1.165) is 12.1 Å². The Morgan fingerprint density at radius 3 is 1.92 bits per heavy atom. The van der Waals surface area contributed by atoms with E-state index in [9.17, 15) is 0 Å². The zero-order valence-corrected chi connectivity index (χ0v) is 15.5. The van der Waals surface area contributed by atoms with Gasteiger partial charge in [0, 0.05) is 44.8 Å². The predicted octanol–water partition coefficient (Wildman–Crippen LogP) is 3.24. The molecule has 0 radical (unpaired) electrons. The van der Waals surface area contributed by atoms with Gasteiger partial charge >= 0.3 is 0 Å². The molecule has 0 saturated carbocycles. The lowest BCUT2D eigenvalue weighted by molar-refractivity contribution is -0.0191. The lowest BCUT2D eigenvalue weighted by atomic mass is 9.92. The molecule has 3 heterocycles. The average Bonchev–Trinajstić information content (AvgIpc) is 3.13. The molecule has 3 aliphatic heterocycles. The maximum Gasteiger partial charge on any atom is 0.0602 e. The molecule has 3 heteroatoms. The number of hydrogen-bond donors (Lipinski definition) is 0. The van der Waals surface area contributed by atoms with E-state index in [2.05, 4.69) is 75.4 Å². The molecule has 2 aromatic rings. The van der Waals surface area contributed by atoms with Gasteiger partial charge in [-0.1, -0.05) is 60.7 Å². The molecule has 3 fully saturated rings. The van der Waals surface area contributed by atoms with E-state index in [0.29, 0.717) is 6.04 Å². The van der Waals surface area contributed by atoms with Gasteiger partial charge in [-0.3, -0.25) is 14.7 Å². The van der Waals surface area contributed by atoms with Crippen LogP contribution in [0.15, 0.2) is 60.7 Å². The van der Waals surface area contributed by atoms with E-state index in [1.54, 1.807) is 0 Å². The SMILES string of the molecule is c1ccc(C(c2ccccc2)N2CC(N3CCN4CCCC4C3)C2)cc1. The van der Waals surface area contributed by atoms with E-state index in [1.165, 1.54) is 63.2 Å². The Morgan fingerprint density at radius 1 is 0.654 bits per heavy atom. The minimum Gasteiger partial charge on any atom is -0.298 e. The molecule has 0 amide bonds. The zero-order chi connectivity index (χ0) is 17.3. The summed E-state index contributed by atoms with van der Waals surface area (Å²) in [6, 6.07) is 24.0. The van der Waals surface area contributed by atoms with E-state index in [-0.39, 0.29) is 0 Å². The van der Waals surface area contributed by atoms with E-state index >= 15 is 0 Å². The van der Waals surface area contributed by atoms with Crippen LogP contribution >= 0.6 is 0 Å². The minimum absolute atomic E-state index is 0.390. The summed E-state index contributed by atoms with van der Waals surface area (Å²) in [7, 11) is 0. The van der Waals surface area contributed by atoms with Crippen molar-refractivity contribution in [3.8, 4) is 0 Å². The van der Waals surface area contributed by atoms with Crippen molar-refractivity contribution in [2.24, 2.45) is 0 Å². The molecule has 136 valence electrons. The smallest absolute Gasteiger partial charge is 0.0602 e. The van der Waals surface area contributed by atoms with Crippen molar-refractivity contribution in [1.29, 1.82) is 0 Å². The quantitative estimate of drug-likeness (QED) is 0.841. The molecule has 5 rings (SSSR count). The van der Waals surface area contributed by atoms with E-state index in [1.807, 2.05) is 0 Å². The van der Waals surface area contributed by atoms with Gasteiger partial charge in [-0.2, -0.15) is 0 Å².